The van der Waals surface area contributed by atoms with Gasteiger partial charge in [0.1, 0.15) is 11.6 Å². The number of hydrogen-bond donors (Lipinski definition) is 1. The van der Waals surface area contributed by atoms with Crippen LogP contribution in [0.1, 0.15) is 47.5 Å². The van der Waals surface area contributed by atoms with Crippen LogP contribution >= 0.6 is 11.8 Å². The van der Waals surface area contributed by atoms with E-state index in [1.807, 2.05) is 44.4 Å². The molecular formula is C15H28N2O2S. The van der Waals surface area contributed by atoms with E-state index in [4.69, 9.17) is 0 Å². The van der Waals surface area contributed by atoms with Crippen molar-refractivity contribution in [3.63, 3.8) is 0 Å². The number of thioether (sulfide) groups is 1. The Kier molecular flexibility index (Phi) is 6.37. The SMILES string of the molecule is CCSCCCN1C(=O)C(C)(CC)NC(=O)C1C(C)C. The Balaban J connectivity index is 2.85. The quantitative estimate of drug-likeness (QED) is 0.734. The summed E-state index contributed by atoms with van der Waals surface area (Å²) in [6, 6.07) is -0.325. The second-order valence-electron chi connectivity index (χ2n) is 5.91. The van der Waals surface area contributed by atoms with Crippen molar-refractivity contribution in [3.05, 3.63) is 0 Å². The van der Waals surface area contributed by atoms with Gasteiger partial charge in [0.25, 0.3) is 0 Å². The molecule has 0 radical (unpaired) electrons. The van der Waals surface area contributed by atoms with Gasteiger partial charge in [0.2, 0.25) is 11.8 Å². The highest BCUT2D eigenvalue weighted by Gasteiger charge is 2.47. The molecule has 1 fully saturated rings. The normalized spacial score (nSPS) is 27.1. The molecule has 1 rings (SSSR count). The van der Waals surface area contributed by atoms with Crippen molar-refractivity contribution >= 4 is 23.6 Å². The predicted octanol–water partition coefficient (Wildman–Crippen LogP) is 2.28. The molecule has 2 amide bonds. The summed E-state index contributed by atoms with van der Waals surface area (Å²) in [6.07, 6.45) is 1.57. The van der Waals surface area contributed by atoms with Gasteiger partial charge in [-0.15, -0.1) is 0 Å². The van der Waals surface area contributed by atoms with Crippen molar-refractivity contribution in [1.82, 2.24) is 10.2 Å². The maximum atomic E-state index is 12.7. The van der Waals surface area contributed by atoms with Crippen LogP contribution in [0.4, 0.5) is 0 Å². The first-order valence-electron chi connectivity index (χ1n) is 7.58. The second kappa shape index (κ2) is 7.34. The number of rotatable bonds is 7. The number of carbonyl (C=O) groups excluding carboxylic acids is 2. The van der Waals surface area contributed by atoms with Crippen LogP contribution in [0, 0.1) is 5.92 Å². The van der Waals surface area contributed by atoms with Crippen LogP contribution in [0.25, 0.3) is 0 Å². The smallest absolute Gasteiger partial charge is 0.248 e. The Bertz CT molecular complexity index is 360. The van der Waals surface area contributed by atoms with Gasteiger partial charge in [0.05, 0.1) is 0 Å². The van der Waals surface area contributed by atoms with Crippen molar-refractivity contribution in [2.75, 3.05) is 18.1 Å². The Hall–Kier alpha value is -0.710. The second-order valence-corrected chi connectivity index (χ2v) is 7.31. The molecule has 5 heteroatoms. The third-order valence-corrected chi connectivity index (χ3v) is 4.95. The van der Waals surface area contributed by atoms with E-state index in [0.717, 1.165) is 17.9 Å². The van der Waals surface area contributed by atoms with Crippen molar-refractivity contribution in [3.8, 4) is 0 Å². The highest BCUT2D eigenvalue weighted by Crippen LogP contribution is 2.25. The zero-order valence-electron chi connectivity index (χ0n) is 13.4. The lowest BCUT2D eigenvalue weighted by atomic mass is 9.88. The van der Waals surface area contributed by atoms with Crippen LogP contribution in [0.15, 0.2) is 0 Å². The van der Waals surface area contributed by atoms with E-state index in [0.29, 0.717) is 13.0 Å². The molecule has 1 heterocycles. The van der Waals surface area contributed by atoms with E-state index >= 15 is 0 Å². The first-order chi connectivity index (χ1) is 9.37. The summed E-state index contributed by atoms with van der Waals surface area (Å²) in [5.41, 5.74) is -0.736. The zero-order chi connectivity index (χ0) is 15.3. The van der Waals surface area contributed by atoms with Crippen molar-refractivity contribution in [2.45, 2.75) is 59.0 Å². The van der Waals surface area contributed by atoms with Crippen LogP contribution in [-0.2, 0) is 9.59 Å². The molecule has 0 aromatic heterocycles. The average molecular weight is 300 g/mol. The van der Waals surface area contributed by atoms with Gasteiger partial charge >= 0.3 is 0 Å². The summed E-state index contributed by atoms with van der Waals surface area (Å²) < 4.78 is 0. The molecule has 20 heavy (non-hydrogen) atoms. The van der Waals surface area contributed by atoms with Crippen molar-refractivity contribution in [2.24, 2.45) is 5.92 Å². The molecule has 116 valence electrons. The fourth-order valence-electron chi connectivity index (χ4n) is 2.61. The monoisotopic (exact) mass is 300 g/mol. The minimum Gasteiger partial charge on any atom is -0.340 e. The molecular weight excluding hydrogens is 272 g/mol. The standard InChI is InChI=1S/C15H28N2O2S/c1-6-15(5)14(19)17(9-8-10-20-7-2)12(11(3)4)13(18)16-15/h11-12H,6-10H2,1-5H3,(H,16,18). The van der Waals surface area contributed by atoms with Gasteiger partial charge in [-0.05, 0) is 37.2 Å². The van der Waals surface area contributed by atoms with Crippen LogP contribution in [-0.4, -0.2) is 46.3 Å². The topological polar surface area (TPSA) is 49.4 Å². The van der Waals surface area contributed by atoms with E-state index in [9.17, 15) is 9.59 Å². The van der Waals surface area contributed by atoms with Gasteiger partial charge < -0.3 is 10.2 Å². The third kappa shape index (κ3) is 3.68. The molecule has 0 saturated carbocycles. The first kappa shape index (κ1) is 17.3. The summed E-state index contributed by atoms with van der Waals surface area (Å²) in [7, 11) is 0. The Morgan fingerprint density at radius 3 is 2.50 bits per heavy atom. The molecule has 1 saturated heterocycles. The first-order valence-corrected chi connectivity index (χ1v) is 8.73. The number of piperazine rings is 1. The van der Waals surface area contributed by atoms with Gasteiger partial charge in [-0.25, -0.2) is 0 Å². The molecule has 1 N–H and O–H groups in total. The Morgan fingerprint density at radius 2 is 2.00 bits per heavy atom. The largest absolute Gasteiger partial charge is 0.340 e. The zero-order valence-corrected chi connectivity index (χ0v) is 14.2. The van der Waals surface area contributed by atoms with Crippen LogP contribution in [0.2, 0.25) is 0 Å². The third-order valence-electron chi connectivity index (χ3n) is 3.97. The molecule has 2 unspecified atom stereocenters. The molecule has 1 aliphatic rings. The summed E-state index contributed by atoms with van der Waals surface area (Å²) >= 11 is 1.88. The van der Waals surface area contributed by atoms with E-state index in [1.54, 1.807) is 0 Å². The number of carbonyl (C=O) groups is 2. The lowest BCUT2D eigenvalue weighted by Gasteiger charge is -2.45. The van der Waals surface area contributed by atoms with Gasteiger partial charge in [-0.1, -0.05) is 27.7 Å². The molecule has 0 spiro atoms. The number of nitrogens with zero attached hydrogens (tertiary/aromatic N) is 1. The summed E-state index contributed by atoms with van der Waals surface area (Å²) in [4.78, 5) is 26.9. The summed E-state index contributed by atoms with van der Waals surface area (Å²) in [5, 5.41) is 2.92. The minimum atomic E-state index is -0.736. The number of hydrogen-bond acceptors (Lipinski definition) is 3. The van der Waals surface area contributed by atoms with Crippen molar-refractivity contribution in [1.29, 1.82) is 0 Å². The highest BCUT2D eigenvalue weighted by atomic mass is 32.2. The Morgan fingerprint density at radius 1 is 1.35 bits per heavy atom. The number of amides is 2. The fourth-order valence-corrected chi connectivity index (χ4v) is 3.23. The lowest BCUT2D eigenvalue weighted by molar-refractivity contribution is -0.156. The van der Waals surface area contributed by atoms with E-state index in [-0.39, 0.29) is 23.8 Å². The lowest BCUT2D eigenvalue weighted by Crippen LogP contribution is -2.70. The molecule has 1 aliphatic heterocycles. The average Bonchev–Trinajstić information content (AvgIpc) is 2.39. The maximum Gasteiger partial charge on any atom is 0.248 e. The maximum absolute atomic E-state index is 12.7. The Labute approximate surface area is 127 Å². The minimum absolute atomic E-state index is 0.00732. The van der Waals surface area contributed by atoms with E-state index in [2.05, 4.69) is 12.2 Å². The van der Waals surface area contributed by atoms with Crippen LogP contribution in [0.5, 0.6) is 0 Å². The molecule has 0 aliphatic carbocycles. The van der Waals surface area contributed by atoms with Gasteiger partial charge in [-0.3, -0.25) is 9.59 Å². The molecule has 4 nitrogen and oxygen atoms in total. The molecule has 0 aromatic rings. The van der Waals surface area contributed by atoms with Gasteiger partial charge in [0, 0.05) is 6.54 Å². The van der Waals surface area contributed by atoms with Crippen LogP contribution < -0.4 is 5.32 Å². The van der Waals surface area contributed by atoms with E-state index < -0.39 is 5.54 Å². The predicted molar refractivity (Wildman–Crippen MR) is 84.8 cm³/mol. The molecule has 0 aromatic carbocycles. The number of nitrogens with one attached hydrogen (secondary N) is 1. The molecule has 2 atom stereocenters. The highest BCUT2D eigenvalue weighted by molar-refractivity contribution is 7.99. The molecule has 0 bridgehead atoms. The summed E-state index contributed by atoms with van der Waals surface area (Å²) in [6.45, 7) is 10.6. The fraction of sp³-hybridized carbons (Fsp3) is 0.867. The van der Waals surface area contributed by atoms with E-state index in [1.165, 1.54) is 0 Å². The summed E-state index contributed by atoms with van der Waals surface area (Å²) in [5.74, 6) is 2.33. The van der Waals surface area contributed by atoms with Gasteiger partial charge in [-0.2, -0.15) is 11.8 Å². The van der Waals surface area contributed by atoms with Gasteiger partial charge in [0.15, 0.2) is 0 Å². The van der Waals surface area contributed by atoms with Crippen LogP contribution in [0.3, 0.4) is 0 Å². The van der Waals surface area contributed by atoms with Crippen molar-refractivity contribution < 1.29 is 9.59 Å².